The third-order valence-electron chi connectivity index (χ3n) is 1.24. The monoisotopic (exact) mass is 189 g/mol. The highest BCUT2D eigenvalue weighted by molar-refractivity contribution is 5.87. The molecule has 0 spiro atoms. The van der Waals surface area contributed by atoms with E-state index >= 15 is 0 Å². The lowest BCUT2D eigenvalue weighted by molar-refractivity contribution is -0.112. The molecule has 0 rings (SSSR count). The van der Waals surface area contributed by atoms with Gasteiger partial charge in [-0.15, -0.1) is 0 Å². The first-order valence-corrected chi connectivity index (χ1v) is 4.58. The Balaban J connectivity index is 0. The normalized spacial score (nSPS) is 10.0. The van der Waals surface area contributed by atoms with E-state index in [2.05, 4.69) is 0 Å². The largest absolute Gasteiger partial charge is 0.300 e. The van der Waals surface area contributed by atoms with Crippen LogP contribution in [0.3, 0.4) is 0 Å². The van der Waals surface area contributed by atoms with E-state index in [1.54, 1.807) is 11.0 Å². The molecule has 0 aromatic heterocycles. The number of carbonyl (C=O) groups excluding carboxylic acids is 1. The maximum atomic E-state index is 11.7. The minimum absolute atomic E-state index is 0.0265. The second kappa shape index (κ2) is 11.3. The van der Waals surface area contributed by atoms with Crippen LogP contribution >= 0.6 is 0 Å². The summed E-state index contributed by atoms with van der Waals surface area (Å²) < 4.78 is 11.7. The van der Waals surface area contributed by atoms with Crippen LogP contribution in [0.2, 0.25) is 0 Å². The zero-order valence-electron chi connectivity index (χ0n) is 9.01. The molecule has 0 unspecified atom stereocenters. The number of carbonyl (C=O) groups is 1. The second-order valence-corrected chi connectivity index (χ2v) is 2.46. The Morgan fingerprint density at radius 2 is 2.00 bits per heavy atom. The molecule has 0 aromatic rings. The fourth-order valence-electron chi connectivity index (χ4n) is 0.634. The summed E-state index contributed by atoms with van der Waals surface area (Å²) in [6.07, 6.45) is 3.23. The summed E-state index contributed by atoms with van der Waals surface area (Å²) in [4.78, 5) is 12.2. The fourth-order valence-corrected chi connectivity index (χ4v) is 0.634. The van der Waals surface area contributed by atoms with Crippen LogP contribution < -0.4 is 0 Å². The molecule has 0 aliphatic carbocycles. The quantitative estimate of drug-likeness (QED) is 0.617. The number of allylic oxidation sites excluding steroid dienone is 1. The van der Waals surface area contributed by atoms with Gasteiger partial charge in [0.15, 0.2) is 5.78 Å². The van der Waals surface area contributed by atoms with Gasteiger partial charge < -0.3 is 4.90 Å². The van der Waals surface area contributed by atoms with Crippen molar-refractivity contribution < 1.29 is 9.18 Å². The van der Waals surface area contributed by atoms with Crippen molar-refractivity contribution in [2.45, 2.75) is 20.8 Å². The molecular formula is C10H20FNO. The lowest BCUT2D eigenvalue weighted by atomic mass is 10.4. The van der Waals surface area contributed by atoms with Crippen LogP contribution in [0.1, 0.15) is 20.8 Å². The summed E-state index contributed by atoms with van der Waals surface area (Å²) in [5, 5.41) is 0. The van der Waals surface area contributed by atoms with Crippen LogP contribution in [0.25, 0.3) is 0 Å². The number of hydrogen-bond donors (Lipinski definition) is 0. The summed E-state index contributed by atoms with van der Waals surface area (Å²) in [7, 11) is 1.81. The Kier molecular flexibility index (Phi) is 12.9. The molecule has 0 N–H and O–H groups in total. The SMILES string of the molecule is CC.CC(=O)/C=C/CN(C)CCF. The smallest absolute Gasteiger partial charge is 0.152 e. The molecule has 0 atom stereocenters. The van der Waals surface area contributed by atoms with Gasteiger partial charge in [0.1, 0.15) is 6.67 Å². The third-order valence-corrected chi connectivity index (χ3v) is 1.24. The van der Waals surface area contributed by atoms with E-state index in [-0.39, 0.29) is 12.5 Å². The molecule has 0 bridgehead atoms. The summed E-state index contributed by atoms with van der Waals surface area (Å²) >= 11 is 0. The van der Waals surface area contributed by atoms with E-state index in [0.29, 0.717) is 13.1 Å². The molecule has 78 valence electrons. The van der Waals surface area contributed by atoms with Gasteiger partial charge in [0, 0.05) is 13.1 Å². The molecular weight excluding hydrogens is 169 g/mol. The summed E-state index contributed by atoms with van der Waals surface area (Å²) in [6.45, 7) is 6.20. The maximum Gasteiger partial charge on any atom is 0.152 e. The molecule has 13 heavy (non-hydrogen) atoms. The highest BCUT2D eigenvalue weighted by Crippen LogP contribution is 1.84. The van der Waals surface area contributed by atoms with Crippen molar-refractivity contribution in [3.05, 3.63) is 12.2 Å². The van der Waals surface area contributed by atoms with E-state index in [0.717, 1.165) is 0 Å². The fraction of sp³-hybridized carbons (Fsp3) is 0.700. The number of nitrogens with zero attached hydrogens (tertiary/aromatic N) is 1. The zero-order chi connectivity index (χ0) is 10.7. The number of halogens is 1. The lowest BCUT2D eigenvalue weighted by Crippen LogP contribution is -2.20. The summed E-state index contributed by atoms with van der Waals surface area (Å²) in [5.41, 5.74) is 0. The molecule has 0 radical (unpaired) electrons. The van der Waals surface area contributed by atoms with Crippen LogP contribution in [0.5, 0.6) is 0 Å². The molecule has 0 saturated heterocycles. The molecule has 0 aromatic carbocycles. The summed E-state index contributed by atoms with van der Waals surface area (Å²) in [6, 6.07) is 0. The first kappa shape index (κ1) is 14.8. The number of rotatable bonds is 5. The minimum atomic E-state index is -0.343. The van der Waals surface area contributed by atoms with Crippen LogP contribution in [0, 0.1) is 0 Å². The zero-order valence-corrected chi connectivity index (χ0v) is 9.01. The minimum Gasteiger partial charge on any atom is -0.300 e. The highest BCUT2D eigenvalue weighted by atomic mass is 19.1. The third kappa shape index (κ3) is 14.2. The summed E-state index contributed by atoms with van der Waals surface area (Å²) in [5.74, 6) is 0.0265. The Labute approximate surface area is 80.4 Å². The predicted octanol–water partition coefficient (Wildman–Crippen LogP) is 2.06. The first-order valence-electron chi connectivity index (χ1n) is 4.58. The Hall–Kier alpha value is -0.700. The van der Waals surface area contributed by atoms with Gasteiger partial charge in [-0.1, -0.05) is 19.9 Å². The van der Waals surface area contributed by atoms with Gasteiger partial charge in [0.2, 0.25) is 0 Å². The molecule has 0 aliphatic rings. The molecule has 3 heteroatoms. The van der Waals surface area contributed by atoms with Crippen LogP contribution in [0.15, 0.2) is 12.2 Å². The molecule has 0 aliphatic heterocycles. The van der Waals surface area contributed by atoms with E-state index in [9.17, 15) is 9.18 Å². The van der Waals surface area contributed by atoms with E-state index in [4.69, 9.17) is 0 Å². The molecule has 2 nitrogen and oxygen atoms in total. The van der Waals surface area contributed by atoms with E-state index in [1.807, 2.05) is 20.9 Å². The number of ketones is 1. The van der Waals surface area contributed by atoms with Crippen molar-refractivity contribution in [2.75, 3.05) is 26.8 Å². The van der Waals surface area contributed by atoms with Gasteiger partial charge in [0.25, 0.3) is 0 Å². The molecule has 0 fully saturated rings. The van der Waals surface area contributed by atoms with Crippen LogP contribution in [0.4, 0.5) is 4.39 Å². The van der Waals surface area contributed by atoms with Crippen molar-refractivity contribution in [3.8, 4) is 0 Å². The van der Waals surface area contributed by atoms with Crippen molar-refractivity contribution in [1.29, 1.82) is 0 Å². The molecule has 0 heterocycles. The molecule has 0 amide bonds. The van der Waals surface area contributed by atoms with Gasteiger partial charge in [-0.05, 0) is 20.0 Å². The van der Waals surface area contributed by atoms with Crippen molar-refractivity contribution >= 4 is 5.78 Å². The highest BCUT2D eigenvalue weighted by Gasteiger charge is 1.92. The first-order chi connectivity index (χ1) is 6.16. The Bertz CT molecular complexity index is 146. The number of likely N-dealkylation sites (N-methyl/N-ethyl adjacent to an activating group) is 1. The predicted molar refractivity (Wildman–Crippen MR) is 54.6 cm³/mol. The van der Waals surface area contributed by atoms with Crippen molar-refractivity contribution in [2.24, 2.45) is 0 Å². The van der Waals surface area contributed by atoms with Gasteiger partial charge in [0.05, 0.1) is 0 Å². The van der Waals surface area contributed by atoms with Gasteiger partial charge in [-0.25, -0.2) is 4.39 Å². The maximum absolute atomic E-state index is 11.7. The average Bonchev–Trinajstić information content (AvgIpc) is 2.08. The Morgan fingerprint density at radius 1 is 1.46 bits per heavy atom. The van der Waals surface area contributed by atoms with Gasteiger partial charge in [-0.2, -0.15) is 0 Å². The lowest BCUT2D eigenvalue weighted by Gasteiger charge is -2.10. The van der Waals surface area contributed by atoms with E-state index < -0.39 is 0 Å². The standard InChI is InChI=1S/C8H14FNO.C2H6/c1-8(11)4-3-6-10(2)7-5-9;1-2/h3-4H,5-7H2,1-2H3;1-2H3/b4-3+;. The second-order valence-electron chi connectivity index (χ2n) is 2.46. The number of hydrogen-bond acceptors (Lipinski definition) is 2. The van der Waals surface area contributed by atoms with Crippen LogP contribution in [-0.4, -0.2) is 37.5 Å². The van der Waals surface area contributed by atoms with Gasteiger partial charge in [-0.3, -0.25) is 4.79 Å². The number of alkyl halides is 1. The van der Waals surface area contributed by atoms with Crippen molar-refractivity contribution in [1.82, 2.24) is 4.90 Å². The average molecular weight is 189 g/mol. The van der Waals surface area contributed by atoms with Crippen molar-refractivity contribution in [3.63, 3.8) is 0 Å². The van der Waals surface area contributed by atoms with Crippen LogP contribution in [-0.2, 0) is 4.79 Å². The van der Waals surface area contributed by atoms with E-state index in [1.165, 1.54) is 13.0 Å². The Morgan fingerprint density at radius 3 is 2.38 bits per heavy atom. The molecule has 0 saturated carbocycles. The topological polar surface area (TPSA) is 20.3 Å². The van der Waals surface area contributed by atoms with Gasteiger partial charge >= 0.3 is 0 Å².